The first-order valence-electron chi connectivity index (χ1n) is 8.97. The summed E-state index contributed by atoms with van der Waals surface area (Å²) >= 11 is 0. The Balaban J connectivity index is 2.00. The van der Waals surface area contributed by atoms with Gasteiger partial charge in [0.15, 0.2) is 0 Å². The summed E-state index contributed by atoms with van der Waals surface area (Å²) in [6.45, 7) is 3.87. The number of benzene rings is 2. The van der Waals surface area contributed by atoms with Crippen LogP contribution in [0.25, 0.3) is 0 Å². The Morgan fingerprint density at radius 2 is 1.79 bits per heavy atom. The molecule has 2 N–H and O–H groups in total. The minimum absolute atomic E-state index is 0.00790. The number of nitrogens with one attached hydrogen (secondary N) is 2. The Morgan fingerprint density at radius 3 is 2.43 bits per heavy atom. The van der Waals surface area contributed by atoms with Crippen molar-refractivity contribution >= 4 is 22.8 Å². The lowest BCUT2D eigenvalue weighted by Gasteiger charge is -2.29. The fourth-order valence-corrected chi connectivity index (χ4v) is 4.08. The van der Waals surface area contributed by atoms with Crippen LogP contribution in [0.5, 0.6) is 0 Å². The predicted molar refractivity (Wildman–Crippen MR) is 107 cm³/mol. The van der Waals surface area contributed by atoms with E-state index in [9.17, 15) is 13.8 Å². The molecular formula is C21H22N2O4S. The number of hydrogen-bond acceptors (Lipinski definition) is 4. The standard InChI is InChI=1S/C21H22N2O4S/c1-3-27-20(24)18-17(13-28(26)16-11-9-14(2)10-12-16)22-21(25)23-19(18)15-7-5-4-6-8-15/h4-12,19H,3,13H2,1-2H3,(H2,22,23,25). The summed E-state index contributed by atoms with van der Waals surface area (Å²) in [5.41, 5.74) is 2.40. The molecule has 3 rings (SSSR count). The number of aryl methyl sites for hydroxylation is 1. The van der Waals surface area contributed by atoms with E-state index in [1.165, 1.54) is 0 Å². The van der Waals surface area contributed by atoms with Gasteiger partial charge in [0.25, 0.3) is 0 Å². The lowest BCUT2D eigenvalue weighted by molar-refractivity contribution is -0.139. The van der Waals surface area contributed by atoms with Gasteiger partial charge in [-0.25, -0.2) is 9.59 Å². The highest BCUT2D eigenvalue weighted by Gasteiger charge is 2.34. The first kappa shape index (κ1) is 19.8. The molecule has 6 nitrogen and oxygen atoms in total. The van der Waals surface area contributed by atoms with Crippen LogP contribution in [0.3, 0.4) is 0 Å². The number of hydrogen-bond donors (Lipinski definition) is 2. The van der Waals surface area contributed by atoms with Crippen molar-refractivity contribution in [2.45, 2.75) is 24.8 Å². The summed E-state index contributed by atoms with van der Waals surface area (Å²) in [7, 11) is -1.42. The van der Waals surface area contributed by atoms with Crippen LogP contribution in [0.15, 0.2) is 70.8 Å². The summed E-state index contributed by atoms with van der Waals surface area (Å²) < 4.78 is 18.1. The molecule has 146 valence electrons. The zero-order chi connectivity index (χ0) is 20.1. The van der Waals surface area contributed by atoms with E-state index in [2.05, 4.69) is 10.6 Å². The Bertz CT molecular complexity index is 923. The topological polar surface area (TPSA) is 84.5 Å². The first-order valence-corrected chi connectivity index (χ1v) is 10.3. The lowest BCUT2D eigenvalue weighted by Crippen LogP contribution is -2.47. The number of ether oxygens (including phenoxy) is 1. The van der Waals surface area contributed by atoms with Gasteiger partial charge in [0.1, 0.15) is 0 Å². The molecule has 28 heavy (non-hydrogen) atoms. The second kappa shape index (κ2) is 8.84. The van der Waals surface area contributed by atoms with E-state index in [1.54, 1.807) is 19.1 Å². The normalized spacial score (nSPS) is 17.5. The van der Waals surface area contributed by atoms with Crippen LogP contribution < -0.4 is 10.6 Å². The molecule has 2 amide bonds. The van der Waals surface area contributed by atoms with Crippen molar-refractivity contribution in [1.82, 2.24) is 10.6 Å². The van der Waals surface area contributed by atoms with Gasteiger partial charge < -0.3 is 15.4 Å². The third-order valence-electron chi connectivity index (χ3n) is 4.34. The predicted octanol–water partition coefficient (Wildman–Crippen LogP) is 2.97. The van der Waals surface area contributed by atoms with Crippen LogP contribution >= 0.6 is 0 Å². The number of esters is 1. The molecule has 0 fully saturated rings. The minimum atomic E-state index is -1.42. The Labute approximate surface area is 166 Å². The van der Waals surface area contributed by atoms with Crippen LogP contribution in [0, 0.1) is 6.92 Å². The van der Waals surface area contributed by atoms with Crippen molar-refractivity contribution in [2.75, 3.05) is 12.4 Å². The first-order chi connectivity index (χ1) is 13.5. The van der Waals surface area contributed by atoms with Gasteiger partial charge in [0.2, 0.25) is 0 Å². The molecule has 0 spiro atoms. The summed E-state index contributed by atoms with van der Waals surface area (Å²) in [5, 5.41) is 5.42. The number of urea groups is 1. The van der Waals surface area contributed by atoms with Crippen molar-refractivity contribution < 1.29 is 18.5 Å². The Hall–Kier alpha value is -2.93. The van der Waals surface area contributed by atoms with E-state index < -0.39 is 28.8 Å². The monoisotopic (exact) mass is 398 g/mol. The van der Waals surface area contributed by atoms with Crippen molar-refractivity contribution in [3.8, 4) is 0 Å². The molecule has 0 saturated carbocycles. The highest BCUT2D eigenvalue weighted by molar-refractivity contribution is 7.85. The molecule has 1 heterocycles. The van der Waals surface area contributed by atoms with E-state index in [0.717, 1.165) is 11.1 Å². The molecule has 2 atom stereocenters. The van der Waals surface area contributed by atoms with Gasteiger partial charge in [-0.2, -0.15) is 0 Å². The molecular weight excluding hydrogens is 376 g/mol. The van der Waals surface area contributed by atoms with Crippen LogP contribution in [0.4, 0.5) is 4.79 Å². The third-order valence-corrected chi connectivity index (χ3v) is 5.69. The van der Waals surface area contributed by atoms with Crippen LogP contribution in [-0.2, 0) is 20.3 Å². The second-order valence-corrected chi connectivity index (χ2v) is 7.81. The quantitative estimate of drug-likeness (QED) is 0.733. The molecule has 0 saturated heterocycles. The molecule has 1 aliphatic rings. The third kappa shape index (κ3) is 4.48. The van der Waals surface area contributed by atoms with Gasteiger partial charge in [-0.3, -0.25) is 4.21 Å². The van der Waals surface area contributed by atoms with Crippen molar-refractivity contribution in [1.29, 1.82) is 0 Å². The van der Waals surface area contributed by atoms with E-state index in [1.807, 2.05) is 49.4 Å². The molecule has 0 radical (unpaired) electrons. The van der Waals surface area contributed by atoms with Crippen molar-refractivity contribution in [3.63, 3.8) is 0 Å². The number of rotatable bonds is 6. The van der Waals surface area contributed by atoms with Gasteiger partial charge in [-0.15, -0.1) is 0 Å². The fourth-order valence-electron chi connectivity index (χ4n) is 2.98. The average molecular weight is 398 g/mol. The van der Waals surface area contributed by atoms with Gasteiger partial charge in [-0.05, 0) is 31.5 Å². The van der Waals surface area contributed by atoms with Gasteiger partial charge >= 0.3 is 12.0 Å². The highest BCUT2D eigenvalue weighted by Crippen LogP contribution is 2.28. The van der Waals surface area contributed by atoms with Gasteiger partial charge in [0.05, 0.1) is 34.8 Å². The summed E-state index contributed by atoms with van der Waals surface area (Å²) in [6.07, 6.45) is 0. The van der Waals surface area contributed by atoms with Crippen molar-refractivity contribution in [3.05, 3.63) is 77.0 Å². The van der Waals surface area contributed by atoms with E-state index in [4.69, 9.17) is 4.74 Å². The zero-order valence-corrected chi connectivity index (χ0v) is 16.5. The molecule has 0 aliphatic carbocycles. The summed E-state index contributed by atoms with van der Waals surface area (Å²) in [6, 6.07) is 15.4. The van der Waals surface area contributed by atoms with Gasteiger partial charge in [-0.1, -0.05) is 48.0 Å². The molecule has 0 aromatic heterocycles. The highest BCUT2D eigenvalue weighted by atomic mass is 32.2. The number of amides is 2. The Morgan fingerprint density at radius 1 is 1.11 bits per heavy atom. The Kier molecular flexibility index (Phi) is 6.26. The molecule has 2 aromatic carbocycles. The SMILES string of the molecule is CCOC(=O)C1=C(CS(=O)c2ccc(C)cc2)NC(=O)NC1c1ccccc1. The van der Waals surface area contributed by atoms with E-state index in [-0.39, 0.29) is 17.9 Å². The summed E-state index contributed by atoms with van der Waals surface area (Å²) in [4.78, 5) is 25.6. The summed E-state index contributed by atoms with van der Waals surface area (Å²) in [5.74, 6) is -0.534. The molecule has 7 heteroatoms. The number of carbonyl (C=O) groups excluding carboxylic acids is 2. The number of carbonyl (C=O) groups is 2. The van der Waals surface area contributed by atoms with Crippen LogP contribution in [-0.4, -0.2) is 28.6 Å². The largest absolute Gasteiger partial charge is 0.463 e. The molecule has 1 aliphatic heterocycles. The molecule has 2 unspecified atom stereocenters. The second-order valence-electron chi connectivity index (χ2n) is 6.36. The van der Waals surface area contributed by atoms with Crippen LogP contribution in [0.2, 0.25) is 0 Å². The maximum absolute atomic E-state index is 12.9. The van der Waals surface area contributed by atoms with E-state index >= 15 is 0 Å². The fraction of sp³-hybridized carbons (Fsp3) is 0.238. The van der Waals surface area contributed by atoms with Gasteiger partial charge in [0, 0.05) is 10.6 Å². The van der Waals surface area contributed by atoms with Crippen LogP contribution in [0.1, 0.15) is 24.1 Å². The van der Waals surface area contributed by atoms with E-state index in [0.29, 0.717) is 10.6 Å². The maximum atomic E-state index is 12.9. The zero-order valence-electron chi connectivity index (χ0n) is 15.7. The average Bonchev–Trinajstić information content (AvgIpc) is 2.68. The molecule has 0 bridgehead atoms. The smallest absolute Gasteiger partial charge is 0.338 e. The molecule has 2 aromatic rings. The maximum Gasteiger partial charge on any atom is 0.338 e. The van der Waals surface area contributed by atoms with Crippen molar-refractivity contribution in [2.24, 2.45) is 0 Å². The minimum Gasteiger partial charge on any atom is -0.463 e. The lowest BCUT2D eigenvalue weighted by atomic mass is 9.95.